The number of hydrogen-bond donors (Lipinski definition) is 2. The monoisotopic (exact) mass is 513 g/mol. The second-order valence-electron chi connectivity index (χ2n) is 8.16. The normalized spacial score (nSPS) is 13.8. The SMILES string of the molecule is Cc1ccc(-c2ccc(/C=C/C(=O)NC(=S)Nc3ccc(N4CCCCC4)c(Cl)c3)o2)cc1Cl. The lowest BCUT2D eigenvalue weighted by molar-refractivity contribution is -0.115. The molecule has 34 heavy (non-hydrogen) atoms. The Kier molecular flexibility index (Phi) is 7.93. The molecule has 1 aliphatic heterocycles. The predicted molar refractivity (Wildman–Crippen MR) is 145 cm³/mol. The van der Waals surface area contributed by atoms with Crippen LogP contribution in [0.1, 0.15) is 30.6 Å². The summed E-state index contributed by atoms with van der Waals surface area (Å²) in [6, 6.07) is 15.1. The summed E-state index contributed by atoms with van der Waals surface area (Å²) in [5.41, 5.74) is 3.61. The molecule has 8 heteroatoms. The summed E-state index contributed by atoms with van der Waals surface area (Å²) >= 11 is 18.0. The fraction of sp³-hybridized carbons (Fsp3) is 0.231. The second kappa shape index (κ2) is 11.1. The van der Waals surface area contributed by atoms with Crippen LogP contribution in [-0.2, 0) is 4.79 Å². The molecule has 1 aromatic heterocycles. The molecule has 2 N–H and O–H groups in total. The summed E-state index contributed by atoms with van der Waals surface area (Å²) < 4.78 is 5.80. The number of carbonyl (C=O) groups is 1. The standard InChI is InChI=1S/C26H25Cl2N3O2S/c1-17-5-6-18(15-21(17)27)24-11-8-20(33-24)9-12-25(32)30-26(34)29-19-7-10-23(22(28)16-19)31-13-3-2-4-14-31/h5-12,15-16H,2-4,13-14H2,1H3,(H2,29,30,32,34)/b12-9+. The lowest BCUT2D eigenvalue weighted by Gasteiger charge is -2.29. The number of piperidine rings is 1. The molecule has 4 rings (SSSR count). The number of carbonyl (C=O) groups excluding carboxylic acids is 1. The third-order valence-electron chi connectivity index (χ3n) is 5.62. The highest BCUT2D eigenvalue weighted by Crippen LogP contribution is 2.31. The molecule has 0 atom stereocenters. The minimum Gasteiger partial charge on any atom is -0.457 e. The summed E-state index contributed by atoms with van der Waals surface area (Å²) in [5.74, 6) is 0.842. The number of amides is 1. The van der Waals surface area contributed by atoms with E-state index in [1.54, 1.807) is 12.1 Å². The molecular weight excluding hydrogens is 489 g/mol. The number of furan rings is 1. The maximum absolute atomic E-state index is 12.3. The van der Waals surface area contributed by atoms with Gasteiger partial charge in [0.25, 0.3) is 0 Å². The van der Waals surface area contributed by atoms with Crippen molar-refractivity contribution in [3.8, 4) is 11.3 Å². The molecule has 0 radical (unpaired) electrons. The van der Waals surface area contributed by atoms with Crippen LogP contribution in [0.5, 0.6) is 0 Å². The fourth-order valence-electron chi connectivity index (χ4n) is 3.79. The maximum atomic E-state index is 12.3. The Morgan fingerprint density at radius 3 is 2.56 bits per heavy atom. The lowest BCUT2D eigenvalue weighted by atomic mass is 10.1. The Bertz CT molecular complexity index is 1230. The number of rotatable bonds is 5. The van der Waals surface area contributed by atoms with Crippen LogP contribution in [0.15, 0.2) is 59.0 Å². The lowest BCUT2D eigenvalue weighted by Crippen LogP contribution is -2.33. The van der Waals surface area contributed by atoms with Crippen LogP contribution in [0.3, 0.4) is 0 Å². The van der Waals surface area contributed by atoms with E-state index in [9.17, 15) is 4.79 Å². The van der Waals surface area contributed by atoms with Crippen molar-refractivity contribution < 1.29 is 9.21 Å². The summed E-state index contributed by atoms with van der Waals surface area (Å²) in [5, 5.41) is 7.15. The summed E-state index contributed by atoms with van der Waals surface area (Å²) in [6.45, 7) is 3.98. The molecule has 1 saturated heterocycles. The molecule has 2 aromatic carbocycles. The van der Waals surface area contributed by atoms with Crippen LogP contribution in [0, 0.1) is 6.92 Å². The van der Waals surface area contributed by atoms with Crippen LogP contribution in [0.4, 0.5) is 11.4 Å². The van der Waals surface area contributed by atoms with E-state index in [0.29, 0.717) is 27.3 Å². The van der Waals surface area contributed by atoms with Crippen LogP contribution < -0.4 is 15.5 Å². The largest absolute Gasteiger partial charge is 0.457 e. The number of hydrogen-bond acceptors (Lipinski definition) is 4. The van der Waals surface area contributed by atoms with Crippen molar-refractivity contribution in [1.82, 2.24) is 5.32 Å². The van der Waals surface area contributed by atoms with E-state index >= 15 is 0 Å². The summed E-state index contributed by atoms with van der Waals surface area (Å²) in [7, 11) is 0. The highest BCUT2D eigenvalue weighted by atomic mass is 35.5. The first kappa shape index (κ1) is 24.3. The Hall–Kier alpha value is -2.80. The van der Waals surface area contributed by atoms with Gasteiger partial charge in [0.1, 0.15) is 11.5 Å². The van der Waals surface area contributed by atoms with Crippen molar-refractivity contribution in [2.24, 2.45) is 0 Å². The zero-order chi connectivity index (χ0) is 24.1. The average molecular weight is 514 g/mol. The van der Waals surface area contributed by atoms with Crippen LogP contribution in [0.2, 0.25) is 10.0 Å². The molecule has 0 saturated carbocycles. The highest BCUT2D eigenvalue weighted by molar-refractivity contribution is 7.80. The maximum Gasteiger partial charge on any atom is 0.250 e. The van der Waals surface area contributed by atoms with Crippen LogP contribution >= 0.6 is 35.4 Å². The molecular formula is C26H25Cl2N3O2S. The first-order valence-electron chi connectivity index (χ1n) is 11.1. The van der Waals surface area contributed by atoms with Gasteiger partial charge in [-0.05, 0) is 86.4 Å². The van der Waals surface area contributed by atoms with Crippen molar-refractivity contribution >= 4 is 63.9 Å². The van der Waals surface area contributed by atoms with E-state index in [0.717, 1.165) is 29.9 Å². The molecule has 2 heterocycles. The minimum absolute atomic E-state index is 0.186. The molecule has 0 aliphatic carbocycles. The van der Waals surface area contributed by atoms with Gasteiger partial charge in [-0.25, -0.2) is 0 Å². The Balaban J connectivity index is 1.31. The van der Waals surface area contributed by atoms with E-state index in [2.05, 4.69) is 15.5 Å². The molecule has 1 aliphatic rings. The third-order valence-corrected chi connectivity index (χ3v) is 6.54. The number of benzene rings is 2. The topological polar surface area (TPSA) is 57.5 Å². The Morgan fingerprint density at radius 2 is 1.82 bits per heavy atom. The van der Waals surface area contributed by atoms with E-state index in [1.807, 2.05) is 49.4 Å². The number of nitrogens with one attached hydrogen (secondary N) is 2. The predicted octanol–water partition coefficient (Wildman–Crippen LogP) is 7.08. The number of aryl methyl sites for hydroxylation is 1. The van der Waals surface area contributed by atoms with E-state index < -0.39 is 0 Å². The van der Waals surface area contributed by atoms with Crippen molar-refractivity contribution in [2.75, 3.05) is 23.3 Å². The molecule has 1 amide bonds. The number of nitrogens with zero attached hydrogens (tertiary/aromatic N) is 1. The number of halogens is 2. The van der Waals surface area contributed by atoms with Gasteiger partial charge >= 0.3 is 0 Å². The van der Waals surface area contributed by atoms with Crippen LogP contribution in [0.25, 0.3) is 17.4 Å². The molecule has 1 fully saturated rings. The first-order valence-corrected chi connectivity index (χ1v) is 12.3. The van der Waals surface area contributed by atoms with Gasteiger partial charge in [0.15, 0.2) is 5.11 Å². The minimum atomic E-state index is -0.370. The molecule has 5 nitrogen and oxygen atoms in total. The molecule has 0 spiro atoms. The summed E-state index contributed by atoms with van der Waals surface area (Å²) in [4.78, 5) is 14.6. The molecule has 0 bridgehead atoms. The van der Waals surface area contributed by atoms with Crippen molar-refractivity contribution in [3.05, 3.63) is 76.0 Å². The molecule has 0 unspecified atom stereocenters. The van der Waals surface area contributed by atoms with Gasteiger partial charge in [-0.3, -0.25) is 10.1 Å². The van der Waals surface area contributed by atoms with Crippen molar-refractivity contribution in [3.63, 3.8) is 0 Å². The Labute approximate surface area is 214 Å². The third kappa shape index (κ3) is 6.20. The number of thiocarbonyl (C=S) groups is 1. The van der Waals surface area contributed by atoms with E-state index in [4.69, 9.17) is 39.8 Å². The number of anilines is 2. The Morgan fingerprint density at radius 1 is 1.03 bits per heavy atom. The van der Waals surface area contributed by atoms with Gasteiger partial charge in [-0.2, -0.15) is 0 Å². The zero-order valence-corrected chi connectivity index (χ0v) is 21.1. The van der Waals surface area contributed by atoms with Gasteiger partial charge in [-0.15, -0.1) is 0 Å². The van der Waals surface area contributed by atoms with Crippen LogP contribution in [-0.4, -0.2) is 24.1 Å². The van der Waals surface area contributed by atoms with E-state index in [1.165, 1.54) is 25.3 Å². The highest BCUT2D eigenvalue weighted by Gasteiger charge is 2.14. The quantitative estimate of drug-likeness (QED) is 0.282. The zero-order valence-electron chi connectivity index (χ0n) is 18.7. The molecule has 176 valence electrons. The van der Waals surface area contributed by atoms with Crippen molar-refractivity contribution in [2.45, 2.75) is 26.2 Å². The van der Waals surface area contributed by atoms with Gasteiger partial charge in [0.2, 0.25) is 5.91 Å². The second-order valence-corrected chi connectivity index (χ2v) is 9.38. The average Bonchev–Trinajstić information content (AvgIpc) is 3.29. The van der Waals surface area contributed by atoms with Gasteiger partial charge in [-0.1, -0.05) is 35.3 Å². The summed E-state index contributed by atoms with van der Waals surface area (Å²) in [6.07, 6.45) is 6.57. The van der Waals surface area contributed by atoms with Gasteiger partial charge in [0.05, 0.1) is 10.7 Å². The van der Waals surface area contributed by atoms with Gasteiger partial charge < -0.3 is 14.6 Å². The van der Waals surface area contributed by atoms with Crippen molar-refractivity contribution in [1.29, 1.82) is 0 Å². The molecule has 3 aromatic rings. The fourth-order valence-corrected chi connectivity index (χ4v) is 4.49. The smallest absolute Gasteiger partial charge is 0.250 e. The van der Waals surface area contributed by atoms with Gasteiger partial charge in [0, 0.05) is 35.4 Å². The van der Waals surface area contributed by atoms with E-state index in [-0.39, 0.29) is 11.0 Å². The first-order chi connectivity index (χ1) is 16.4.